The van der Waals surface area contributed by atoms with Gasteiger partial charge in [0.05, 0.1) is 28.6 Å². The fraction of sp³-hybridized carbons (Fsp3) is 0.120. The van der Waals surface area contributed by atoms with Crippen LogP contribution in [0.3, 0.4) is 0 Å². The molecule has 4 rings (SSSR count). The third-order valence-corrected chi connectivity index (χ3v) is 6.77. The van der Waals surface area contributed by atoms with Crippen LogP contribution in [0.5, 0.6) is 11.5 Å². The highest BCUT2D eigenvalue weighted by atomic mass is 35.5. The van der Waals surface area contributed by atoms with Gasteiger partial charge in [-0.05, 0) is 74.0 Å². The molecule has 0 saturated heterocycles. The van der Waals surface area contributed by atoms with Gasteiger partial charge in [0.25, 0.3) is 5.91 Å². The van der Waals surface area contributed by atoms with Gasteiger partial charge < -0.3 is 8.92 Å². The molecule has 1 aliphatic rings. The molecule has 0 radical (unpaired) electrons. The number of hydrogen-bond acceptors (Lipinski definition) is 6. The summed E-state index contributed by atoms with van der Waals surface area (Å²) in [4.78, 5) is 12.9. The molecule has 7 nitrogen and oxygen atoms in total. The van der Waals surface area contributed by atoms with Gasteiger partial charge in [-0.2, -0.15) is 18.5 Å². The van der Waals surface area contributed by atoms with Crippen molar-refractivity contribution in [3.63, 3.8) is 0 Å². The first-order chi connectivity index (χ1) is 16.7. The molecule has 35 heavy (non-hydrogen) atoms. The summed E-state index contributed by atoms with van der Waals surface area (Å²) in [6, 6.07) is 17.7. The number of amides is 1. The van der Waals surface area contributed by atoms with E-state index in [1.165, 1.54) is 35.3 Å². The maximum Gasteiger partial charge on any atom is 0.339 e. The van der Waals surface area contributed by atoms with Gasteiger partial charge in [-0.25, -0.2) is 0 Å². The number of benzene rings is 3. The number of hydrogen-bond donors (Lipinski definition) is 0. The molecule has 0 bridgehead atoms. The lowest BCUT2D eigenvalue weighted by atomic mass is 10.1. The van der Waals surface area contributed by atoms with Crippen molar-refractivity contribution in [2.75, 3.05) is 11.6 Å². The molecule has 0 aromatic heterocycles. The molecule has 180 valence electrons. The Labute approximate surface area is 213 Å². The minimum absolute atomic E-state index is 0.000270. The van der Waals surface area contributed by atoms with Gasteiger partial charge in [-0.1, -0.05) is 41.4 Å². The Kier molecular flexibility index (Phi) is 7.16. The Balaban J connectivity index is 1.68. The van der Waals surface area contributed by atoms with Crippen molar-refractivity contribution in [1.29, 1.82) is 0 Å². The summed E-state index contributed by atoms with van der Waals surface area (Å²) in [5, 5.41) is 6.07. The lowest BCUT2D eigenvalue weighted by Gasteiger charge is -2.15. The quantitative estimate of drug-likeness (QED) is 0.277. The van der Waals surface area contributed by atoms with E-state index >= 15 is 0 Å². The Morgan fingerprint density at radius 2 is 1.71 bits per heavy atom. The second-order valence-corrected chi connectivity index (χ2v) is 9.84. The number of para-hydroxylation sites is 1. The van der Waals surface area contributed by atoms with E-state index in [1.807, 2.05) is 18.2 Å². The second-order valence-electron chi connectivity index (χ2n) is 7.45. The molecule has 1 heterocycles. The van der Waals surface area contributed by atoms with Crippen LogP contribution in [-0.4, -0.2) is 26.6 Å². The average Bonchev–Trinajstić information content (AvgIpc) is 3.10. The van der Waals surface area contributed by atoms with E-state index in [1.54, 1.807) is 38.1 Å². The summed E-state index contributed by atoms with van der Waals surface area (Å²) in [7, 11) is -4.20. The zero-order chi connectivity index (χ0) is 25.2. The minimum atomic E-state index is -4.20. The first-order valence-electron chi connectivity index (χ1n) is 10.5. The van der Waals surface area contributed by atoms with Gasteiger partial charge in [-0.15, -0.1) is 0 Å². The highest BCUT2D eigenvalue weighted by Crippen LogP contribution is 2.39. The van der Waals surface area contributed by atoms with E-state index in [0.29, 0.717) is 27.6 Å². The average molecular weight is 531 g/mol. The molecule has 0 atom stereocenters. The number of halogens is 2. The fourth-order valence-corrected chi connectivity index (χ4v) is 4.76. The normalized spacial score (nSPS) is 14.9. The molecule has 0 N–H and O–H groups in total. The predicted octanol–water partition coefficient (Wildman–Crippen LogP) is 5.97. The van der Waals surface area contributed by atoms with Crippen molar-refractivity contribution in [2.45, 2.75) is 18.7 Å². The zero-order valence-electron chi connectivity index (χ0n) is 18.7. The molecular weight excluding hydrogens is 511 g/mol. The number of nitrogens with zero attached hydrogens (tertiary/aromatic N) is 2. The van der Waals surface area contributed by atoms with E-state index in [-0.39, 0.29) is 33.9 Å². The van der Waals surface area contributed by atoms with E-state index in [9.17, 15) is 13.2 Å². The molecule has 10 heteroatoms. The first kappa shape index (κ1) is 24.8. The third kappa shape index (κ3) is 5.35. The molecule has 1 amide bonds. The summed E-state index contributed by atoms with van der Waals surface area (Å²) < 4.78 is 36.5. The van der Waals surface area contributed by atoms with Crippen LogP contribution in [0.15, 0.2) is 82.3 Å². The largest absolute Gasteiger partial charge is 0.490 e. The van der Waals surface area contributed by atoms with Crippen LogP contribution in [0.4, 0.5) is 5.69 Å². The smallest absolute Gasteiger partial charge is 0.339 e. The highest BCUT2D eigenvalue weighted by Gasteiger charge is 2.29. The Hall–Kier alpha value is -3.33. The molecule has 1 aliphatic heterocycles. The van der Waals surface area contributed by atoms with Crippen LogP contribution in [0.1, 0.15) is 19.4 Å². The third-order valence-electron chi connectivity index (χ3n) is 5.00. The fourth-order valence-electron chi connectivity index (χ4n) is 3.37. The maximum absolute atomic E-state index is 13.0. The van der Waals surface area contributed by atoms with Crippen LogP contribution in [0, 0.1) is 0 Å². The number of anilines is 1. The Bertz CT molecular complexity index is 1440. The van der Waals surface area contributed by atoms with Crippen molar-refractivity contribution in [2.24, 2.45) is 5.10 Å². The molecule has 0 unspecified atom stereocenters. The first-order valence-corrected chi connectivity index (χ1v) is 12.7. The molecule has 0 spiro atoms. The van der Waals surface area contributed by atoms with Crippen LogP contribution in [-0.2, 0) is 14.9 Å². The minimum Gasteiger partial charge on any atom is -0.490 e. The molecule has 3 aromatic rings. The van der Waals surface area contributed by atoms with Crippen molar-refractivity contribution in [3.05, 3.63) is 87.9 Å². The summed E-state index contributed by atoms with van der Waals surface area (Å²) >= 11 is 12.3. The second kappa shape index (κ2) is 10.1. The van der Waals surface area contributed by atoms with Gasteiger partial charge in [0.15, 0.2) is 5.75 Å². The Morgan fingerprint density at radius 1 is 1.03 bits per heavy atom. The lowest BCUT2D eigenvalue weighted by Crippen LogP contribution is -2.21. The number of ether oxygens (including phenoxy) is 1. The molecule has 3 aromatic carbocycles. The van der Waals surface area contributed by atoms with Crippen molar-refractivity contribution >= 4 is 56.7 Å². The van der Waals surface area contributed by atoms with E-state index in [4.69, 9.17) is 32.1 Å². The van der Waals surface area contributed by atoms with E-state index < -0.39 is 10.1 Å². The van der Waals surface area contributed by atoms with Crippen LogP contribution in [0.2, 0.25) is 10.0 Å². The van der Waals surface area contributed by atoms with Crippen LogP contribution >= 0.6 is 23.2 Å². The number of hydrazone groups is 1. The molecule has 0 saturated carbocycles. The van der Waals surface area contributed by atoms with Gasteiger partial charge >= 0.3 is 10.1 Å². The van der Waals surface area contributed by atoms with Gasteiger partial charge in [-0.3, -0.25) is 4.79 Å². The zero-order valence-corrected chi connectivity index (χ0v) is 21.1. The molecular formula is C25H20Cl2N2O5S. The number of rotatable bonds is 7. The number of carbonyl (C=O) groups excluding carboxylic acids is 1. The summed E-state index contributed by atoms with van der Waals surface area (Å²) in [5.41, 5.74) is 2.06. The van der Waals surface area contributed by atoms with Crippen molar-refractivity contribution in [1.82, 2.24) is 0 Å². The monoisotopic (exact) mass is 530 g/mol. The Morgan fingerprint density at radius 3 is 2.37 bits per heavy atom. The van der Waals surface area contributed by atoms with Crippen molar-refractivity contribution < 1.29 is 22.1 Å². The van der Waals surface area contributed by atoms with Gasteiger partial charge in [0, 0.05) is 5.02 Å². The van der Waals surface area contributed by atoms with E-state index in [2.05, 4.69) is 5.10 Å². The lowest BCUT2D eigenvalue weighted by molar-refractivity contribution is -0.114. The standard InChI is InChI=1S/C25H20Cl2N2O5S/c1-3-33-23-15-17(13-21-16(2)28-29(25(21)30)19-7-5-4-6-8-19)14-22(27)24(23)34-35(31,32)20-11-9-18(26)10-12-20/h4-15H,3H2,1-2H3/b21-13+. The van der Waals surface area contributed by atoms with Gasteiger partial charge in [0.1, 0.15) is 4.90 Å². The maximum atomic E-state index is 13.0. The highest BCUT2D eigenvalue weighted by molar-refractivity contribution is 7.87. The predicted molar refractivity (Wildman–Crippen MR) is 137 cm³/mol. The molecule has 0 fully saturated rings. The van der Waals surface area contributed by atoms with Crippen LogP contribution in [0.25, 0.3) is 6.08 Å². The topological polar surface area (TPSA) is 85.3 Å². The summed E-state index contributed by atoms with van der Waals surface area (Å²) in [5.74, 6) is -0.336. The van der Waals surface area contributed by atoms with Crippen molar-refractivity contribution in [3.8, 4) is 11.5 Å². The summed E-state index contributed by atoms with van der Waals surface area (Å²) in [6.45, 7) is 3.70. The molecule has 0 aliphatic carbocycles. The summed E-state index contributed by atoms with van der Waals surface area (Å²) in [6.07, 6.45) is 1.62. The number of carbonyl (C=O) groups is 1. The SMILES string of the molecule is CCOc1cc(/C=C2/C(=O)N(c3ccccc3)N=C2C)cc(Cl)c1OS(=O)(=O)c1ccc(Cl)cc1. The van der Waals surface area contributed by atoms with Crippen LogP contribution < -0.4 is 13.9 Å². The van der Waals surface area contributed by atoms with Gasteiger partial charge in [0.2, 0.25) is 5.75 Å². The van der Waals surface area contributed by atoms with E-state index in [0.717, 1.165) is 0 Å².